The lowest BCUT2D eigenvalue weighted by atomic mass is 9.91. The maximum atomic E-state index is 12.1. The van der Waals surface area contributed by atoms with Crippen molar-refractivity contribution in [3.8, 4) is 11.8 Å². The molecule has 3 atom stereocenters. The van der Waals surface area contributed by atoms with E-state index in [-0.39, 0.29) is 18.5 Å². The molecule has 3 heterocycles. The lowest BCUT2D eigenvalue weighted by Gasteiger charge is -2.34. The molecule has 0 saturated carbocycles. The number of amides is 1. The minimum atomic E-state index is -0.440. The van der Waals surface area contributed by atoms with E-state index in [1.807, 2.05) is 80.3 Å². The van der Waals surface area contributed by atoms with Crippen LogP contribution < -0.4 is 10.6 Å². The SMILES string of the molecule is Brc1ccc(C2CCCNC2)cc1.C(#Cc1ccc(C2CCCNC2)cc1)c1ccccc1.CC(C)(C)OC(=O)N1CCCC(c2ccc(Cl)cc2)C1.Cl. The largest absolute Gasteiger partial charge is 0.444 e. The van der Waals surface area contributed by atoms with E-state index < -0.39 is 5.60 Å². The van der Waals surface area contributed by atoms with E-state index >= 15 is 0 Å². The average Bonchev–Trinajstić information content (AvgIpc) is 3.19. The second-order valence-electron chi connectivity index (χ2n) is 15.2. The maximum Gasteiger partial charge on any atom is 0.410 e. The van der Waals surface area contributed by atoms with E-state index in [9.17, 15) is 4.79 Å². The molecule has 0 radical (unpaired) electrons. The van der Waals surface area contributed by atoms with Gasteiger partial charge in [0.1, 0.15) is 5.60 Å². The Balaban J connectivity index is 0.000000183. The fourth-order valence-electron chi connectivity index (χ4n) is 6.99. The van der Waals surface area contributed by atoms with Gasteiger partial charge in [-0.1, -0.05) is 94.0 Å². The van der Waals surface area contributed by atoms with E-state index in [1.54, 1.807) is 0 Å². The zero-order chi connectivity index (χ0) is 37.5. The summed E-state index contributed by atoms with van der Waals surface area (Å²) in [5, 5.41) is 7.65. The predicted molar refractivity (Wildman–Crippen MR) is 231 cm³/mol. The van der Waals surface area contributed by atoms with Crippen molar-refractivity contribution in [3.05, 3.63) is 140 Å². The van der Waals surface area contributed by atoms with Crippen molar-refractivity contribution < 1.29 is 9.53 Å². The normalized spacial score (nSPS) is 19.6. The summed E-state index contributed by atoms with van der Waals surface area (Å²) in [6, 6.07) is 35.5. The van der Waals surface area contributed by atoms with Crippen molar-refractivity contribution in [2.75, 3.05) is 39.3 Å². The number of rotatable bonds is 3. The molecule has 0 aromatic heterocycles. The molecule has 3 aliphatic rings. The number of hydrogen-bond donors (Lipinski definition) is 2. The lowest BCUT2D eigenvalue weighted by Crippen LogP contribution is -2.42. The Bertz CT molecular complexity index is 1740. The van der Waals surface area contributed by atoms with Crippen LogP contribution in [0.4, 0.5) is 4.79 Å². The minimum Gasteiger partial charge on any atom is -0.444 e. The Morgan fingerprint density at radius 3 is 1.70 bits per heavy atom. The summed E-state index contributed by atoms with van der Waals surface area (Å²) in [6.45, 7) is 11.8. The van der Waals surface area contributed by atoms with Crippen LogP contribution in [-0.2, 0) is 4.74 Å². The van der Waals surface area contributed by atoms with Gasteiger partial charge < -0.3 is 20.3 Å². The Morgan fingerprint density at radius 1 is 0.704 bits per heavy atom. The Morgan fingerprint density at radius 2 is 1.19 bits per heavy atom. The van der Waals surface area contributed by atoms with Gasteiger partial charge in [0.2, 0.25) is 0 Å². The van der Waals surface area contributed by atoms with Gasteiger partial charge in [0, 0.05) is 52.7 Å². The van der Waals surface area contributed by atoms with Crippen LogP contribution in [0.2, 0.25) is 5.02 Å². The summed E-state index contributed by atoms with van der Waals surface area (Å²) in [4.78, 5) is 13.9. The summed E-state index contributed by atoms with van der Waals surface area (Å²) in [7, 11) is 0. The Hall–Kier alpha value is -3.31. The van der Waals surface area contributed by atoms with Crippen LogP contribution in [0.3, 0.4) is 0 Å². The number of nitrogens with one attached hydrogen (secondary N) is 2. The maximum absolute atomic E-state index is 12.1. The number of carbonyl (C=O) groups excluding carboxylic acids is 1. The summed E-state index contributed by atoms with van der Waals surface area (Å²) < 4.78 is 6.61. The third-order valence-electron chi connectivity index (χ3n) is 9.86. The smallest absolute Gasteiger partial charge is 0.410 e. The van der Waals surface area contributed by atoms with Gasteiger partial charge in [-0.15, -0.1) is 12.4 Å². The first-order valence-corrected chi connectivity index (χ1v) is 20.4. The molecule has 8 heteroatoms. The zero-order valence-corrected chi connectivity index (χ0v) is 35.1. The van der Waals surface area contributed by atoms with Crippen molar-refractivity contribution in [1.29, 1.82) is 0 Å². The molecule has 1 amide bonds. The summed E-state index contributed by atoms with van der Waals surface area (Å²) >= 11 is 9.37. The molecule has 7 rings (SSSR count). The van der Waals surface area contributed by atoms with Gasteiger partial charge in [0.25, 0.3) is 0 Å². The van der Waals surface area contributed by atoms with E-state index in [4.69, 9.17) is 16.3 Å². The van der Waals surface area contributed by atoms with Gasteiger partial charge in [0.15, 0.2) is 0 Å². The quantitative estimate of drug-likeness (QED) is 0.202. The molecule has 0 bridgehead atoms. The van der Waals surface area contributed by atoms with E-state index in [0.29, 0.717) is 11.8 Å². The summed E-state index contributed by atoms with van der Waals surface area (Å²) in [5.41, 5.74) is 5.85. The standard InChI is InChI=1S/C19H19N.C16H22ClNO2.C11H14BrN.ClH/c1-2-5-16(6-3-1)8-9-17-10-12-18(13-11-17)19-7-4-14-20-15-19;1-16(2,3)20-15(19)18-10-4-5-13(11-18)12-6-8-14(17)9-7-12;12-11-5-3-9(4-6-11)10-2-1-7-13-8-10;/h1-3,5-6,10-13,19-20H,4,7,14-15H2;6-9,13H,4-5,10-11H2,1-3H3;3-6,10,13H,1-2,7-8H2;1H. The molecule has 288 valence electrons. The second-order valence-corrected chi connectivity index (χ2v) is 16.5. The van der Waals surface area contributed by atoms with E-state index in [2.05, 4.69) is 86.9 Å². The van der Waals surface area contributed by atoms with Crippen molar-refractivity contribution in [2.45, 2.75) is 82.7 Å². The zero-order valence-electron chi connectivity index (χ0n) is 32.0. The van der Waals surface area contributed by atoms with Crippen LogP contribution in [0.15, 0.2) is 108 Å². The fourth-order valence-corrected chi connectivity index (χ4v) is 7.38. The summed E-state index contributed by atoms with van der Waals surface area (Å²) in [6.07, 6.45) is 7.10. The number of hydrogen-bond acceptors (Lipinski definition) is 4. The molecule has 4 aromatic carbocycles. The second kappa shape index (κ2) is 22.3. The van der Waals surface area contributed by atoms with Gasteiger partial charge in [0.05, 0.1) is 0 Å². The molecule has 3 saturated heterocycles. The first kappa shape index (κ1) is 43.4. The van der Waals surface area contributed by atoms with Crippen molar-refractivity contribution in [3.63, 3.8) is 0 Å². The van der Waals surface area contributed by atoms with Gasteiger partial charge in [-0.2, -0.15) is 0 Å². The van der Waals surface area contributed by atoms with Gasteiger partial charge >= 0.3 is 6.09 Å². The number of carbonyl (C=O) groups is 1. The van der Waals surface area contributed by atoms with Crippen LogP contribution in [0.25, 0.3) is 0 Å². The molecule has 54 heavy (non-hydrogen) atoms. The molecular weight excluding hydrogens is 777 g/mol. The number of likely N-dealkylation sites (tertiary alicyclic amines) is 1. The highest BCUT2D eigenvalue weighted by Gasteiger charge is 2.28. The first-order valence-electron chi connectivity index (χ1n) is 19.2. The van der Waals surface area contributed by atoms with Crippen molar-refractivity contribution in [2.24, 2.45) is 0 Å². The number of piperidine rings is 3. The molecule has 4 aromatic rings. The van der Waals surface area contributed by atoms with Gasteiger partial charge in [-0.3, -0.25) is 0 Å². The number of halogens is 3. The van der Waals surface area contributed by atoms with Gasteiger partial charge in [-0.25, -0.2) is 4.79 Å². The van der Waals surface area contributed by atoms with E-state index in [1.165, 1.54) is 53.4 Å². The Labute approximate surface area is 343 Å². The van der Waals surface area contributed by atoms with Crippen LogP contribution >= 0.6 is 39.9 Å². The molecule has 3 fully saturated rings. The molecule has 0 spiro atoms. The number of benzene rings is 4. The highest BCUT2D eigenvalue weighted by Crippen LogP contribution is 2.29. The molecular formula is C46H56BrCl2N3O2. The summed E-state index contributed by atoms with van der Waals surface area (Å²) in [5.74, 6) is 8.18. The topological polar surface area (TPSA) is 53.6 Å². The minimum absolute atomic E-state index is 0. The van der Waals surface area contributed by atoms with Crippen LogP contribution in [0.5, 0.6) is 0 Å². The number of nitrogens with zero attached hydrogens (tertiary/aromatic N) is 1. The highest BCUT2D eigenvalue weighted by molar-refractivity contribution is 9.10. The van der Waals surface area contributed by atoms with Crippen LogP contribution in [0.1, 0.15) is 105 Å². The molecule has 5 nitrogen and oxygen atoms in total. The first-order chi connectivity index (χ1) is 25.6. The van der Waals surface area contributed by atoms with Gasteiger partial charge in [-0.05, 0) is 149 Å². The van der Waals surface area contributed by atoms with Crippen molar-refractivity contribution in [1.82, 2.24) is 15.5 Å². The molecule has 2 N–H and O–H groups in total. The van der Waals surface area contributed by atoms with E-state index in [0.717, 1.165) is 67.6 Å². The third-order valence-corrected chi connectivity index (χ3v) is 10.6. The van der Waals surface area contributed by atoms with Crippen molar-refractivity contribution >= 4 is 46.0 Å². The molecule has 0 aliphatic carbocycles. The average molecular weight is 834 g/mol. The predicted octanol–water partition coefficient (Wildman–Crippen LogP) is 11.3. The number of ether oxygens (including phenoxy) is 1. The lowest BCUT2D eigenvalue weighted by molar-refractivity contribution is 0.0198. The fraction of sp³-hybridized carbons (Fsp3) is 0.413. The van der Waals surface area contributed by atoms with Crippen LogP contribution in [-0.4, -0.2) is 55.9 Å². The molecule has 3 unspecified atom stereocenters. The highest BCUT2D eigenvalue weighted by atomic mass is 79.9. The van der Waals surface area contributed by atoms with Crippen LogP contribution in [0, 0.1) is 11.8 Å². The monoisotopic (exact) mass is 831 g/mol. The Kier molecular flexibility index (Phi) is 17.9. The third kappa shape index (κ3) is 14.7. The molecule has 3 aliphatic heterocycles.